The number of ether oxygens (including phenoxy) is 1. The van der Waals surface area contributed by atoms with Gasteiger partial charge in [0.2, 0.25) is 5.91 Å². The second-order valence-corrected chi connectivity index (χ2v) is 9.05. The summed E-state index contributed by atoms with van der Waals surface area (Å²) in [5.41, 5.74) is 3.36. The van der Waals surface area contributed by atoms with E-state index in [-0.39, 0.29) is 37.5 Å². The van der Waals surface area contributed by atoms with Crippen LogP contribution in [0, 0.1) is 6.92 Å². The number of aromatic nitrogens is 2. The summed E-state index contributed by atoms with van der Waals surface area (Å²) in [4.78, 5) is 61.5. The zero-order valence-corrected chi connectivity index (χ0v) is 20.7. The van der Waals surface area contributed by atoms with Crippen LogP contribution in [0.1, 0.15) is 35.4 Å². The minimum atomic E-state index is -1.25. The Balaban J connectivity index is 1.23. The van der Waals surface area contributed by atoms with Crippen LogP contribution in [-0.4, -0.2) is 51.8 Å². The van der Waals surface area contributed by atoms with Gasteiger partial charge in [-0.15, -0.1) is 0 Å². The van der Waals surface area contributed by atoms with Gasteiger partial charge in [0.1, 0.15) is 19.2 Å². The van der Waals surface area contributed by atoms with E-state index in [1.165, 1.54) is 13.1 Å². The van der Waals surface area contributed by atoms with Gasteiger partial charge in [0, 0.05) is 24.2 Å². The lowest BCUT2D eigenvalue weighted by atomic mass is 9.98. The summed E-state index contributed by atoms with van der Waals surface area (Å²) in [7, 11) is 0. The summed E-state index contributed by atoms with van der Waals surface area (Å²) in [6.07, 6.45) is 0.925. The van der Waals surface area contributed by atoms with E-state index >= 15 is 0 Å². The number of nitrogens with one attached hydrogen (secondary N) is 3. The van der Waals surface area contributed by atoms with Gasteiger partial charge in [0.05, 0.1) is 0 Å². The minimum absolute atomic E-state index is 0.0459. The number of carbonyl (C=O) groups excluding carboxylic acids is 2. The van der Waals surface area contributed by atoms with Crippen molar-refractivity contribution in [1.82, 2.24) is 20.2 Å². The number of aliphatic carboxylic acids is 1. The third-order valence-corrected chi connectivity index (χ3v) is 6.42. The first-order valence-corrected chi connectivity index (χ1v) is 12.2. The fraction of sp³-hybridized carbons (Fsp3) is 0.296. The molecule has 0 bridgehead atoms. The van der Waals surface area contributed by atoms with Crippen LogP contribution in [0.2, 0.25) is 0 Å². The highest BCUT2D eigenvalue weighted by Gasteiger charge is 2.29. The van der Waals surface area contributed by atoms with Crippen LogP contribution in [0.3, 0.4) is 0 Å². The van der Waals surface area contributed by atoms with E-state index in [1.54, 1.807) is 0 Å². The molecule has 0 unspecified atom stereocenters. The van der Waals surface area contributed by atoms with Gasteiger partial charge in [-0.3, -0.25) is 19.1 Å². The molecular formula is C27H28N4O7. The molecule has 198 valence electrons. The molecule has 0 saturated heterocycles. The van der Waals surface area contributed by atoms with Crippen molar-refractivity contribution in [2.45, 2.75) is 38.3 Å². The van der Waals surface area contributed by atoms with Crippen molar-refractivity contribution in [1.29, 1.82) is 0 Å². The van der Waals surface area contributed by atoms with Gasteiger partial charge in [-0.1, -0.05) is 48.5 Å². The number of carboxylic acids is 1. The molecule has 3 aromatic rings. The van der Waals surface area contributed by atoms with Gasteiger partial charge in [0.15, 0.2) is 0 Å². The van der Waals surface area contributed by atoms with Crippen LogP contribution in [0.25, 0.3) is 11.1 Å². The molecule has 2 amide bonds. The van der Waals surface area contributed by atoms with E-state index in [0.29, 0.717) is 0 Å². The fourth-order valence-electron chi connectivity index (χ4n) is 4.53. The first-order chi connectivity index (χ1) is 18.2. The number of aryl methyl sites for hydroxylation is 1. The summed E-state index contributed by atoms with van der Waals surface area (Å²) in [5, 5.41) is 14.4. The van der Waals surface area contributed by atoms with Gasteiger partial charge >= 0.3 is 17.8 Å². The fourth-order valence-corrected chi connectivity index (χ4v) is 4.53. The molecule has 1 aromatic heterocycles. The van der Waals surface area contributed by atoms with Crippen LogP contribution in [0.5, 0.6) is 0 Å². The number of alkyl carbamates (subject to hydrolysis) is 1. The summed E-state index contributed by atoms with van der Waals surface area (Å²) in [5.74, 6) is -2.02. The van der Waals surface area contributed by atoms with Gasteiger partial charge in [-0.25, -0.2) is 14.4 Å². The van der Waals surface area contributed by atoms with Gasteiger partial charge in [-0.05, 0) is 42.0 Å². The second-order valence-electron chi connectivity index (χ2n) is 9.05. The zero-order chi connectivity index (χ0) is 27.2. The molecule has 11 heteroatoms. The second kappa shape index (κ2) is 11.6. The molecule has 0 aliphatic heterocycles. The van der Waals surface area contributed by atoms with Crippen molar-refractivity contribution in [3.05, 3.63) is 92.3 Å². The van der Waals surface area contributed by atoms with Crippen molar-refractivity contribution in [3.63, 3.8) is 0 Å². The van der Waals surface area contributed by atoms with E-state index in [9.17, 15) is 29.1 Å². The SMILES string of the molecule is Cc1cn(CC(=O)N[C@@H](CCCNC(=O)OCC2c3ccccc3-c3ccccc32)C(=O)O)c(=O)[nH]c1=O. The first kappa shape index (κ1) is 26.4. The molecule has 38 heavy (non-hydrogen) atoms. The Bertz CT molecular complexity index is 1430. The summed E-state index contributed by atoms with van der Waals surface area (Å²) >= 11 is 0. The smallest absolute Gasteiger partial charge is 0.407 e. The number of hydrogen-bond donors (Lipinski definition) is 4. The number of benzene rings is 2. The van der Waals surface area contributed by atoms with E-state index in [2.05, 4.69) is 15.6 Å². The number of hydrogen-bond acceptors (Lipinski definition) is 6. The highest BCUT2D eigenvalue weighted by atomic mass is 16.5. The molecule has 4 N–H and O–H groups in total. The monoisotopic (exact) mass is 520 g/mol. The lowest BCUT2D eigenvalue weighted by molar-refractivity contribution is -0.142. The Kier molecular flexibility index (Phi) is 8.05. The standard InChI is InChI=1S/C27H28N4O7/c1-16-13-31(26(36)30-24(16)33)14-23(32)29-22(25(34)35)11-6-12-28-27(37)38-15-21-19-9-4-2-7-17(19)18-8-3-5-10-20(18)21/h2-5,7-10,13,21-22H,6,11-12,14-15H2,1H3,(H,28,37)(H,29,32)(H,34,35)(H,30,33,36)/t22-/m0/s1. The molecule has 1 aliphatic rings. The van der Waals surface area contributed by atoms with Crippen LogP contribution in [0.15, 0.2) is 64.3 Å². The highest BCUT2D eigenvalue weighted by Crippen LogP contribution is 2.44. The van der Waals surface area contributed by atoms with Gasteiger partial charge < -0.3 is 20.5 Å². The van der Waals surface area contributed by atoms with Crippen molar-refractivity contribution in [2.75, 3.05) is 13.2 Å². The Hall–Kier alpha value is -4.67. The molecule has 1 aliphatic carbocycles. The summed E-state index contributed by atoms with van der Waals surface area (Å²) in [6, 6.07) is 14.8. The van der Waals surface area contributed by atoms with Crippen molar-refractivity contribution in [2.24, 2.45) is 0 Å². The molecule has 0 saturated carbocycles. The molecule has 0 spiro atoms. The van der Waals surface area contributed by atoms with Crippen molar-refractivity contribution >= 4 is 18.0 Å². The predicted octanol–water partition coefficient (Wildman–Crippen LogP) is 1.73. The van der Waals surface area contributed by atoms with E-state index in [1.807, 2.05) is 48.5 Å². The third-order valence-electron chi connectivity index (χ3n) is 6.42. The molecular weight excluding hydrogens is 492 g/mol. The van der Waals surface area contributed by atoms with E-state index in [4.69, 9.17) is 4.74 Å². The normalized spacial score (nSPS) is 12.8. The lowest BCUT2D eigenvalue weighted by Crippen LogP contribution is -2.44. The van der Waals surface area contributed by atoms with Gasteiger partial charge in [-0.2, -0.15) is 0 Å². The Morgan fingerprint density at radius 1 is 1.05 bits per heavy atom. The zero-order valence-electron chi connectivity index (χ0n) is 20.7. The van der Waals surface area contributed by atoms with Crippen LogP contribution < -0.4 is 21.9 Å². The number of H-pyrrole nitrogens is 1. The minimum Gasteiger partial charge on any atom is -0.480 e. The number of carboxylic acid groups (broad SMARTS) is 1. The first-order valence-electron chi connectivity index (χ1n) is 12.2. The number of rotatable bonds is 10. The molecule has 4 rings (SSSR count). The molecule has 11 nitrogen and oxygen atoms in total. The largest absolute Gasteiger partial charge is 0.480 e. The maximum absolute atomic E-state index is 12.3. The maximum Gasteiger partial charge on any atom is 0.407 e. The maximum atomic E-state index is 12.3. The van der Waals surface area contributed by atoms with E-state index in [0.717, 1.165) is 26.8 Å². The average molecular weight is 521 g/mol. The number of nitrogens with zero attached hydrogens (tertiary/aromatic N) is 1. The predicted molar refractivity (Wildman–Crippen MR) is 138 cm³/mol. The molecule has 1 heterocycles. The topological polar surface area (TPSA) is 160 Å². The van der Waals surface area contributed by atoms with Crippen molar-refractivity contribution in [3.8, 4) is 11.1 Å². The van der Waals surface area contributed by atoms with Crippen molar-refractivity contribution < 1.29 is 24.2 Å². The Labute approximate surface area is 217 Å². The number of fused-ring (bicyclic) bond motifs is 3. The van der Waals surface area contributed by atoms with Crippen LogP contribution >= 0.6 is 0 Å². The molecule has 1 atom stereocenters. The molecule has 0 radical (unpaired) electrons. The summed E-state index contributed by atoms with van der Waals surface area (Å²) in [6.45, 7) is 1.35. The van der Waals surface area contributed by atoms with Gasteiger partial charge in [0.25, 0.3) is 5.56 Å². The molecule has 2 aromatic carbocycles. The number of amides is 2. The van der Waals surface area contributed by atoms with Crippen LogP contribution in [-0.2, 0) is 20.9 Å². The molecule has 0 fully saturated rings. The highest BCUT2D eigenvalue weighted by molar-refractivity contribution is 5.83. The Morgan fingerprint density at radius 3 is 2.32 bits per heavy atom. The lowest BCUT2D eigenvalue weighted by Gasteiger charge is -2.16. The third kappa shape index (κ3) is 6.00. The number of carbonyl (C=O) groups is 3. The number of aromatic amines is 1. The quantitative estimate of drug-likeness (QED) is 0.296. The average Bonchev–Trinajstić information content (AvgIpc) is 3.21. The van der Waals surface area contributed by atoms with E-state index < -0.39 is 41.8 Å². The van der Waals surface area contributed by atoms with Crippen LogP contribution in [0.4, 0.5) is 4.79 Å². The summed E-state index contributed by atoms with van der Waals surface area (Å²) < 4.78 is 6.45. The Morgan fingerprint density at radius 2 is 1.68 bits per heavy atom.